The first-order chi connectivity index (χ1) is 10.9. The zero-order valence-corrected chi connectivity index (χ0v) is 14.4. The lowest BCUT2D eigenvalue weighted by molar-refractivity contribution is 0.321. The van der Waals surface area contributed by atoms with Crippen LogP contribution >= 0.6 is 0 Å². The van der Waals surface area contributed by atoms with E-state index in [1.54, 1.807) is 0 Å². The summed E-state index contributed by atoms with van der Waals surface area (Å²) >= 11 is 0. The van der Waals surface area contributed by atoms with Gasteiger partial charge in [-0.3, -0.25) is 0 Å². The Hall–Kier alpha value is -2.11. The number of pyridine rings is 1. The van der Waals surface area contributed by atoms with Gasteiger partial charge >= 0.3 is 0 Å². The molecular formula is C17H25N5O. The van der Waals surface area contributed by atoms with Crippen LogP contribution in [-0.4, -0.2) is 28.2 Å². The topological polar surface area (TPSA) is 67.1 Å². The van der Waals surface area contributed by atoms with E-state index in [0.29, 0.717) is 18.4 Å². The number of hydrogen-bond acceptors (Lipinski definition) is 6. The molecule has 0 aromatic carbocycles. The van der Waals surface area contributed by atoms with Crippen LogP contribution in [0.25, 0.3) is 0 Å². The first-order valence-corrected chi connectivity index (χ1v) is 8.23. The van der Waals surface area contributed by atoms with Crippen LogP contribution in [0.4, 0.5) is 11.8 Å². The van der Waals surface area contributed by atoms with Crippen molar-refractivity contribution in [3.8, 4) is 0 Å². The highest BCUT2D eigenvalue weighted by atomic mass is 16.5. The van der Waals surface area contributed by atoms with Crippen LogP contribution in [0.5, 0.6) is 0 Å². The molecule has 1 saturated heterocycles. The summed E-state index contributed by atoms with van der Waals surface area (Å²) in [5, 5.41) is 7.27. The number of hydrogen-bond donors (Lipinski definition) is 1. The van der Waals surface area contributed by atoms with E-state index < -0.39 is 0 Å². The minimum atomic E-state index is -0.140. The maximum Gasteiger partial charge on any atom is 0.263 e. The molecule has 124 valence electrons. The van der Waals surface area contributed by atoms with E-state index in [-0.39, 0.29) is 5.41 Å². The van der Waals surface area contributed by atoms with E-state index in [2.05, 4.69) is 47.2 Å². The Bertz CT molecular complexity index is 668. The van der Waals surface area contributed by atoms with Crippen LogP contribution < -0.4 is 10.2 Å². The van der Waals surface area contributed by atoms with E-state index in [4.69, 9.17) is 9.51 Å². The summed E-state index contributed by atoms with van der Waals surface area (Å²) in [5.41, 5.74) is 2.07. The van der Waals surface area contributed by atoms with Crippen LogP contribution in [0.2, 0.25) is 0 Å². The van der Waals surface area contributed by atoms with Gasteiger partial charge in [-0.1, -0.05) is 26.8 Å². The third-order valence-electron chi connectivity index (χ3n) is 4.01. The normalized spacial score (nSPS) is 15.2. The van der Waals surface area contributed by atoms with Crippen molar-refractivity contribution in [2.24, 2.45) is 0 Å². The minimum Gasteiger partial charge on any atom is -0.356 e. The predicted octanol–water partition coefficient (Wildman–Crippen LogP) is 3.28. The highest BCUT2D eigenvalue weighted by Gasteiger charge is 2.22. The van der Waals surface area contributed by atoms with Gasteiger partial charge < -0.3 is 14.7 Å². The number of anilines is 2. The molecule has 2 aromatic rings. The van der Waals surface area contributed by atoms with Gasteiger partial charge in [0.05, 0.1) is 0 Å². The molecule has 0 saturated carbocycles. The summed E-state index contributed by atoms with van der Waals surface area (Å²) in [4.78, 5) is 11.5. The van der Waals surface area contributed by atoms with Gasteiger partial charge in [0.2, 0.25) is 5.89 Å². The first-order valence-electron chi connectivity index (χ1n) is 8.23. The number of aryl methyl sites for hydroxylation is 1. The summed E-state index contributed by atoms with van der Waals surface area (Å²) in [6.45, 7) is 11.0. The Kier molecular flexibility index (Phi) is 4.24. The summed E-state index contributed by atoms with van der Waals surface area (Å²) < 4.78 is 5.32. The predicted molar refractivity (Wildman–Crippen MR) is 90.7 cm³/mol. The quantitative estimate of drug-likeness (QED) is 0.934. The van der Waals surface area contributed by atoms with E-state index in [1.807, 2.05) is 13.0 Å². The molecule has 6 heteroatoms. The van der Waals surface area contributed by atoms with E-state index in [9.17, 15) is 0 Å². The monoisotopic (exact) mass is 315 g/mol. The number of aromatic nitrogens is 3. The molecule has 3 heterocycles. The van der Waals surface area contributed by atoms with E-state index >= 15 is 0 Å². The molecule has 1 fully saturated rings. The third kappa shape index (κ3) is 3.63. The Morgan fingerprint density at radius 1 is 1.17 bits per heavy atom. The van der Waals surface area contributed by atoms with Gasteiger partial charge in [-0.2, -0.15) is 4.98 Å². The number of nitrogens with zero attached hydrogens (tertiary/aromatic N) is 4. The molecular weight excluding hydrogens is 290 g/mol. The average Bonchev–Trinajstić information content (AvgIpc) is 3.17. The smallest absolute Gasteiger partial charge is 0.263 e. The fraction of sp³-hybridized carbons (Fsp3) is 0.588. The molecule has 1 aliphatic rings. The summed E-state index contributed by atoms with van der Waals surface area (Å²) in [6.07, 6.45) is 2.48. The summed E-state index contributed by atoms with van der Waals surface area (Å²) in [7, 11) is 0. The molecule has 0 radical (unpaired) electrons. The van der Waals surface area contributed by atoms with Crippen molar-refractivity contribution in [3.05, 3.63) is 29.3 Å². The molecule has 0 bridgehead atoms. The lowest BCUT2D eigenvalue weighted by Crippen LogP contribution is -2.22. The van der Waals surface area contributed by atoms with Crippen LogP contribution in [0, 0.1) is 6.92 Å². The van der Waals surface area contributed by atoms with E-state index in [1.165, 1.54) is 18.4 Å². The van der Waals surface area contributed by atoms with Gasteiger partial charge in [-0.15, -0.1) is 0 Å². The highest BCUT2D eigenvalue weighted by Crippen LogP contribution is 2.24. The second kappa shape index (κ2) is 6.18. The zero-order valence-electron chi connectivity index (χ0n) is 14.4. The largest absolute Gasteiger partial charge is 0.356 e. The third-order valence-corrected chi connectivity index (χ3v) is 4.01. The van der Waals surface area contributed by atoms with Crippen molar-refractivity contribution in [3.63, 3.8) is 0 Å². The van der Waals surface area contributed by atoms with Crippen LogP contribution in [0.1, 0.15) is 50.8 Å². The van der Waals surface area contributed by atoms with Gasteiger partial charge in [0.1, 0.15) is 5.82 Å². The zero-order chi connectivity index (χ0) is 16.4. The standard InChI is InChI=1S/C17H25N5O/c1-12-7-8-13(14(19-12)22-9-5-6-10-22)11-18-16-20-15(23-21-16)17(2,3)4/h7-8H,5-6,9-11H2,1-4H3,(H,18,21). The molecule has 0 atom stereocenters. The van der Waals surface area contributed by atoms with Crippen molar-refractivity contribution in [2.45, 2.75) is 52.5 Å². The van der Waals surface area contributed by atoms with Crippen molar-refractivity contribution < 1.29 is 4.52 Å². The molecule has 1 aliphatic heterocycles. The van der Waals surface area contributed by atoms with Crippen LogP contribution in [-0.2, 0) is 12.0 Å². The van der Waals surface area contributed by atoms with Crippen molar-refractivity contribution in [2.75, 3.05) is 23.3 Å². The molecule has 0 aliphatic carbocycles. The first kappa shape index (κ1) is 15.8. The Morgan fingerprint density at radius 2 is 1.91 bits per heavy atom. The van der Waals surface area contributed by atoms with Gasteiger partial charge in [0, 0.05) is 36.3 Å². The maximum atomic E-state index is 5.32. The van der Waals surface area contributed by atoms with E-state index in [0.717, 1.165) is 24.6 Å². The molecule has 2 aromatic heterocycles. The van der Waals surface area contributed by atoms with Gasteiger partial charge in [-0.05, 0) is 31.0 Å². The van der Waals surface area contributed by atoms with Crippen molar-refractivity contribution >= 4 is 11.8 Å². The molecule has 0 unspecified atom stereocenters. The lowest BCUT2D eigenvalue weighted by Gasteiger charge is -2.20. The molecule has 3 rings (SSSR count). The second-order valence-electron chi connectivity index (χ2n) is 7.16. The van der Waals surface area contributed by atoms with Gasteiger partial charge in [0.15, 0.2) is 0 Å². The van der Waals surface area contributed by atoms with Crippen LogP contribution in [0.3, 0.4) is 0 Å². The maximum absolute atomic E-state index is 5.32. The fourth-order valence-electron chi connectivity index (χ4n) is 2.69. The number of rotatable bonds is 4. The fourth-order valence-corrected chi connectivity index (χ4v) is 2.69. The highest BCUT2D eigenvalue weighted by molar-refractivity contribution is 5.49. The average molecular weight is 315 g/mol. The second-order valence-corrected chi connectivity index (χ2v) is 7.16. The molecule has 0 amide bonds. The summed E-state index contributed by atoms with van der Waals surface area (Å²) in [6, 6.07) is 4.18. The Morgan fingerprint density at radius 3 is 2.57 bits per heavy atom. The SMILES string of the molecule is Cc1ccc(CNc2noc(C(C)(C)C)n2)c(N2CCCC2)n1. The number of nitrogens with one attached hydrogen (secondary N) is 1. The molecule has 23 heavy (non-hydrogen) atoms. The van der Waals surface area contributed by atoms with Gasteiger partial charge in [0.25, 0.3) is 5.95 Å². The van der Waals surface area contributed by atoms with Crippen molar-refractivity contribution in [1.29, 1.82) is 0 Å². The van der Waals surface area contributed by atoms with Gasteiger partial charge in [-0.25, -0.2) is 4.98 Å². The Labute approximate surface area is 137 Å². The molecule has 6 nitrogen and oxygen atoms in total. The molecule has 1 N–H and O–H groups in total. The van der Waals surface area contributed by atoms with Crippen LogP contribution in [0.15, 0.2) is 16.7 Å². The molecule has 0 spiro atoms. The summed E-state index contributed by atoms with van der Waals surface area (Å²) in [5.74, 6) is 2.25. The van der Waals surface area contributed by atoms with Crippen molar-refractivity contribution in [1.82, 2.24) is 15.1 Å². The minimum absolute atomic E-state index is 0.140. The Balaban J connectivity index is 1.74. The lowest BCUT2D eigenvalue weighted by atomic mass is 9.97.